The molecule has 0 aliphatic heterocycles. The van der Waals surface area contributed by atoms with E-state index in [1.54, 1.807) is 17.8 Å². The number of carbonyl (C=O) groups is 1. The first-order valence-electron chi connectivity index (χ1n) is 5.07. The van der Waals surface area contributed by atoms with E-state index >= 15 is 0 Å². The van der Waals surface area contributed by atoms with Gasteiger partial charge in [0.05, 0.1) is 12.1 Å². The normalized spacial score (nSPS) is 10.9. The lowest BCUT2D eigenvalue weighted by Gasteiger charge is -2.18. The van der Waals surface area contributed by atoms with Crippen molar-refractivity contribution in [3.63, 3.8) is 0 Å². The van der Waals surface area contributed by atoms with Gasteiger partial charge >= 0.3 is 5.97 Å². The second-order valence-corrected chi connectivity index (χ2v) is 4.34. The molecule has 0 bridgehead atoms. The van der Waals surface area contributed by atoms with Crippen LogP contribution < -0.4 is 0 Å². The van der Waals surface area contributed by atoms with E-state index in [9.17, 15) is 4.79 Å². The van der Waals surface area contributed by atoms with E-state index < -0.39 is 5.97 Å². The van der Waals surface area contributed by atoms with Gasteiger partial charge in [-0.3, -0.25) is 4.68 Å². The van der Waals surface area contributed by atoms with Gasteiger partial charge in [-0.05, 0) is 27.7 Å². The maximum Gasteiger partial charge on any atom is 0.342 e. The largest absolute Gasteiger partial charge is 0.462 e. The minimum Gasteiger partial charge on any atom is -0.462 e. The maximum absolute atomic E-state index is 11.5. The molecule has 0 unspecified atom stereocenters. The summed E-state index contributed by atoms with van der Waals surface area (Å²) in [7, 11) is 0. The van der Waals surface area contributed by atoms with Gasteiger partial charge in [0.25, 0.3) is 0 Å². The molecule has 86 valence electrons. The molecule has 1 rings (SSSR count). The quantitative estimate of drug-likeness (QED) is 0.712. The monoisotopic (exact) mass is 221 g/mol. The van der Waals surface area contributed by atoms with Crippen molar-refractivity contribution in [2.75, 3.05) is 6.61 Å². The number of carbonyl (C=O) groups excluding carboxylic acids is 1. The van der Waals surface area contributed by atoms with E-state index in [0.717, 1.165) is 0 Å². The van der Waals surface area contributed by atoms with E-state index in [2.05, 4.69) is 5.10 Å². The molecule has 5 nitrogen and oxygen atoms in total. The number of aromatic nitrogens is 2. The molecule has 0 aliphatic rings. The molecule has 0 fully saturated rings. The highest BCUT2D eigenvalue weighted by molar-refractivity contribution is 5.91. The van der Waals surface area contributed by atoms with E-state index in [1.807, 2.05) is 26.8 Å². The summed E-state index contributed by atoms with van der Waals surface area (Å²) in [6.07, 6.45) is 1.55. The number of nitriles is 1. The third-order valence-corrected chi connectivity index (χ3v) is 2.00. The van der Waals surface area contributed by atoms with Crippen LogP contribution in [0.2, 0.25) is 0 Å². The molecule has 0 aromatic carbocycles. The summed E-state index contributed by atoms with van der Waals surface area (Å²) < 4.78 is 6.45. The zero-order valence-corrected chi connectivity index (χ0v) is 9.94. The van der Waals surface area contributed by atoms with E-state index in [-0.39, 0.29) is 23.4 Å². The fourth-order valence-corrected chi connectivity index (χ4v) is 1.16. The van der Waals surface area contributed by atoms with Crippen molar-refractivity contribution in [3.05, 3.63) is 17.5 Å². The molecule has 0 amide bonds. The fraction of sp³-hybridized carbons (Fsp3) is 0.545. The first kappa shape index (κ1) is 12.2. The number of hydrogen-bond acceptors (Lipinski definition) is 4. The molecule has 0 spiro atoms. The molecule has 0 aliphatic carbocycles. The minimum atomic E-state index is -0.505. The van der Waals surface area contributed by atoms with E-state index in [0.29, 0.717) is 0 Å². The van der Waals surface area contributed by atoms with Gasteiger partial charge in [0.15, 0.2) is 5.69 Å². The number of esters is 1. The number of rotatable bonds is 2. The molecular formula is C11H15N3O2. The number of hydrogen-bond donors (Lipinski definition) is 0. The average Bonchev–Trinajstić information content (AvgIpc) is 2.61. The van der Waals surface area contributed by atoms with Gasteiger partial charge in [0.1, 0.15) is 11.6 Å². The predicted octanol–water partition coefficient (Wildman–Crippen LogP) is 1.69. The summed E-state index contributed by atoms with van der Waals surface area (Å²) in [4.78, 5) is 11.5. The summed E-state index contributed by atoms with van der Waals surface area (Å²) in [6.45, 7) is 7.82. The second-order valence-electron chi connectivity index (χ2n) is 4.34. The summed E-state index contributed by atoms with van der Waals surface area (Å²) in [5, 5.41) is 12.9. The van der Waals surface area contributed by atoms with Crippen LogP contribution in [0.3, 0.4) is 0 Å². The van der Waals surface area contributed by atoms with Crippen molar-refractivity contribution in [1.29, 1.82) is 5.26 Å². The Kier molecular flexibility index (Phi) is 3.33. The standard InChI is InChI=1S/C11H15N3O2/c1-5-16-10(15)8-7-14(11(2,3)4)13-9(8)6-12/h7H,5H2,1-4H3. The molecule has 0 atom stereocenters. The highest BCUT2D eigenvalue weighted by atomic mass is 16.5. The van der Waals surface area contributed by atoms with Crippen LogP contribution in [0.15, 0.2) is 6.20 Å². The van der Waals surface area contributed by atoms with Gasteiger partial charge in [0, 0.05) is 6.20 Å². The molecule has 1 heterocycles. The Morgan fingerprint density at radius 3 is 2.69 bits per heavy atom. The second kappa shape index (κ2) is 4.35. The average molecular weight is 221 g/mol. The van der Waals surface area contributed by atoms with Crippen molar-refractivity contribution in [2.24, 2.45) is 0 Å². The summed E-state index contributed by atoms with van der Waals surface area (Å²) in [5.74, 6) is -0.505. The summed E-state index contributed by atoms with van der Waals surface area (Å²) in [6, 6.07) is 1.89. The van der Waals surface area contributed by atoms with Crippen LogP contribution in [0.1, 0.15) is 43.7 Å². The molecule has 0 saturated carbocycles. The molecule has 1 aromatic rings. The van der Waals surface area contributed by atoms with Gasteiger partial charge in [-0.25, -0.2) is 4.79 Å². The molecule has 1 aromatic heterocycles. The molecule has 0 N–H and O–H groups in total. The highest BCUT2D eigenvalue weighted by Gasteiger charge is 2.22. The fourth-order valence-electron chi connectivity index (χ4n) is 1.16. The number of nitrogens with zero attached hydrogens (tertiary/aromatic N) is 3. The van der Waals surface area contributed by atoms with Crippen molar-refractivity contribution in [1.82, 2.24) is 9.78 Å². The lowest BCUT2D eigenvalue weighted by molar-refractivity contribution is 0.0526. The third-order valence-electron chi connectivity index (χ3n) is 2.00. The van der Waals surface area contributed by atoms with Crippen molar-refractivity contribution in [2.45, 2.75) is 33.2 Å². The topological polar surface area (TPSA) is 67.9 Å². The van der Waals surface area contributed by atoms with Crippen LogP contribution in [0.4, 0.5) is 0 Å². The SMILES string of the molecule is CCOC(=O)c1cn(C(C)(C)C)nc1C#N. The first-order chi connectivity index (χ1) is 7.40. The Hall–Kier alpha value is -1.83. The molecular weight excluding hydrogens is 206 g/mol. The van der Waals surface area contributed by atoms with Crippen LogP contribution in [0.25, 0.3) is 0 Å². The predicted molar refractivity (Wildman–Crippen MR) is 57.9 cm³/mol. The summed E-state index contributed by atoms with van der Waals surface area (Å²) >= 11 is 0. The molecule has 5 heteroatoms. The summed E-state index contributed by atoms with van der Waals surface area (Å²) in [5.41, 5.74) is 0.0590. The Bertz CT molecular complexity index is 435. The van der Waals surface area contributed by atoms with E-state index in [4.69, 9.17) is 10.00 Å². The zero-order valence-electron chi connectivity index (χ0n) is 9.94. The molecule has 0 saturated heterocycles. The molecule has 0 radical (unpaired) electrons. The lowest BCUT2D eigenvalue weighted by Crippen LogP contribution is -2.22. The van der Waals surface area contributed by atoms with Crippen LogP contribution in [0, 0.1) is 11.3 Å². The van der Waals surface area contributed by atoms with Crippen LogP contribution in [-0.4, -0.2) is 22.4 Å². The highest BCUT2D eigenvalue weighted by Crippen LogP contribution is 2.16. The van der Waals surface area contributed by atoms with Crippen molar-refractivity contribution < 1.29 is 9.53 Å². The Morgan fingerprint density at radius 2 is 2.25 bits per heavy atom. The van der Waals surface area contributed by atoms with Gasteiger partial charge in [0.2, 0.25) is 0 Å². The van der Waals surface area contributed by atoms with E-state index in [1.165, 1.54) is 0 Å². The molecule has 16 heavy (non-hydrogen) atoms. The number of ether oxygens (including phenoxy) is 1. The Balaban J connectivity index is 3.16. The van der Waals surface area contributed by atoms with Crippen molar-refractivity contribution >= 4 is 5.97 Å². The Morgan fingerprint density at radius 1 is 1.62 bits per heavy atom. The third kappa shape index (κ3) is 2.40. The maximum atomic E-state index is 11.5. The zero-order chi connectivity index (χ0) is 12.3. The first-order valence-corrected chi connectivity index (χ1v) is 5.07. The van der Waals surface area contributed by atoms with Crippen LogP contribution in [-0.2, 0) is 10.3 Å². The van der Waals surface area contributed by atoms with Gasteiger partial charge in [-0.15, -0.1) is 0 Å². The van der Waals surface area contributed by atoms with Gasteiger partial charge < -0.3 is 4.74 Å². The van der Waals surface area contributed by atoms with Crippen LogP contribution in [0.5, 0.6) is 0 Å². The lowest BCUT2D eigenvalue weighted by atomic mass is 10.1. The van der Waals surface area contributed by atoms with Gasteiger partial charge in [-0.2, -0.15) is 10.4 Å². The minimum absolute atomic E-state index is 0.105. The van der Waals surface area contributed by atoms with Gasteiger partial charge in [-0.1, -0.05) is 0 Å². The smallest absolute Gasteiger partial charge is 0.342 e. The Labute approximate surface area is 94.6 Å². The van der Waals surface area contributed by atoms with Crippen LogP contribution >= 0.6 is 0 Å². The van der Waals surface area contributed by atoms with Crippen molar-refractivity contribution in [3.8, 4) is 6.07 Å².